The van der Waals surface area contributed by atoms with Crippen molar-refractivity contribution in [1.82, 2.24) is 29.9 Å². The number of likely N-dealkylation sites (tertiary alicyclic amines) is 1. The maximum atomic E-state index is 5.58. The van der Waals surface area contributed by atoms with Crippen molar-refractivity contribution >= 4 is 0 Å². The van der Waals surface area contributed by atoms with E-state index < -0.39 is 0 Å². The summed E-state index contributed by atoms with van der Waals surface area (Å²) in [7, 11) is 3.76. The van der Waals surface area contributed by atoms with Crippen LogP contribution in [0.2, 0.25) is 0 Å². The first-order valence-electron chi connectivity index (χ1n) is 7.90. The molecule has 0 unspecified atom stereocenters. The average molecular weight is 302 g/mol. The zero-order chi connectivity index (χ0) is 15.1. The van der Waals surface area contributed by atoms with Gasteiger partial charge in [-0.05, 0) is 25.3 Å². The van der Waals surface area contributed by atoms with Crippen LogP contribution in [0.4, 0.5) is 0 Å². The van der Waals surface area contributed by atoms with Crippen LogP contribution in [0.1, 0.15) is 48.6 Å². The highest BCUT2D eigenvalue weighted by Gasteiger charge is 2.37. The van der Waals surface area contributed by atoms with Crippen molar-refractivity contribution in [3.63, 3.8) is 0 Å². The van der Waals surface area contributed by atoms with E-state index in [0.29, 0.717) is 5.92 Å². The Kier molecular flexibility index (Phi) is 3.46. The molecule has 0 bridgehead atoms. The molecule has 7 nitrogen and oxygen atoms in total. The van der Waals surface area contributed by atoms with Crippen molar-refractivity contribution < 1.29 is 4.74 Å². The molecule has 3 heterocycles. The third-order valence-corrected chi connectivity index (χ3v) is 4.76. The van der Waals surface area contributed by atoms with Gasteiger partial charge in [0.25, 0.3) is 0 Å². The number of nitrogens with zero attached hydrogens (tertiary/aromatic N) is 5. The molecule has 1 N–H and O–H groups in total. The number of nitrogens with one attached hydrogen (secondary N) is 1. The molecule has 2 aliphatic rings. The summed E-state index contributed by atoms with van der Waals surface area (Å²) in [6.45, 7) is 1.76. The smallest absolute Gasteiger partial charge is 0.153 e. The van der Waals surface area contributed by atoms with Gasteiger partial charge in [0.2, 0.25) is 0 Å². The van der Waals surface area contributed by atoms with E-state index in [1.165, 1.54) is 18.5 Å². The molecule has 1 aliphatic carbocycles. The van der Waals surface area contributed by atoms with Crippen molar-refractivity contribution in [2.24, 2.45) is 7.05 Å². The number of aryl methyl sites for hydroxylation is 1. The maximum Gasteiger partial charge on any atom is 0.153 e. The molecular formula is C15H22N6O. The first kappa shape index (κ1) is 13.9. The molecule has 0 radical (unpaired) electrons. The molecule has 2 aromatic rings. The van der Waals surface area contributed by atoms with Crippen molar-refractivity contribution in [2.45, 2.75) is 43.9 Å². The van der Waals surface area contributed by atoms with Crippen LogP contribution >= 0.6 is 0 Å². The fourth-order valence-corrected chi connectivity index (χ4v) is 3.22. The molecule has 2 atom stereocenters. The third-order valence-electron chi connectivity index (χ3n) is 4.76. The van der Waals surface area contributed by atoms with Gasteiger partial charge in [-0.2, -0.15) is 10.2 Å². The van der Waals surface area contributed by atoms with Crippen LogP contribution in [0.15, 0.2) is 12.3 Å². The maximum absolute atomic E-state index is 5.58. The van der Waals surface area contributed by atoms with E-state index in [9.17, 15) is 0 Å². The molecule has 22 heavy (non-hydrogen) atoms. The summed E-state index contributed by atoms with van der Waals surface area (Å²) < 4.78 is 7.51. The summed E-state index contributed by atoms with van der Waals surface area (Å²) in [5.74, 6) is 2.54. The Morgan fingerprint density at radius 3 is 2.95 bits per heavy atom. The number of rotatable bonds is 5. The number of aromatic nitrogens is 5. The summed E-state index contributed by atoms with van der Waals surface area (Å²) in [5, 5.41) is 11.8. The molecule has 0 spiro atoms. The topological polar surface area (TPSA) is 71.9 Å². The second-order valence-electron chi connectivity index (χ2n) is 6.34. The van der Waals surface area contributed by atoms with Crippen molar-refractivity contribution in [1.29, 1.82) is 0 Å². The Hall–Kier alpha value is -1.73. The molecule has 1 saturated heterocycles. The molecule has 7 heteroatoms. The summed E-state index contributed by atoms with van der Waals surface area (Å²) in [6, 6.07) is 2.30. The average Bonchev–Trinajstić information content (AvgIpc) is 2.95. The number of hydrogen-bond donors (Lipinski definition) is 1. The molecule has 0 aromatic carbocycles. The highest BCUT2D eigenvalue weighted by molar-refractivity contribution is 5.10. The summed E-state index contributed by atoms with van der Waals surface area (Å²) in [4.78, 5) is 7.14. The number of methoxy groups -OCH3 is 1. The first-order valence-corrected chi connectivity index (χ1v) is 7.90. The van der Waals surface area contributed by atoms with Crippen LogP contribution in [-0.2, 0) is 18.3 Å². The van der Waals surface area contributed by atoms with E-state index in [0.717, 1.165) is 31.2 Å². The van der Waals surface area contributed by atoms with Crippen LogP contribution < -0.4 is 0 Å². The molecule has 118 valence electrons. The Balaban J connectivity index is 1.55. The van der Waals surface area contributed by atoms with E-state index in [4.69, 9.17) is 9.72 Å². The van der Waals surface area contributed by atoms with Gasteiger partial charge in [-0.25, -0.2) is 4.98 Å². The first-order chi connectivity index (χ1) is 10.7. The predicted molar refractivity (Wildman–Crippen MR) is 80.1 cm³/mol. The fraction of sp³-hybridized carbons (Fsp3) is 0.667. The monoisotopic (exact) mass is 302 g/mol. The van der Waals surface area contributed by atoms with E-state index in [-0.39, 0.29) is 12.1 Å². The lowest BCUT2D eigenvalue weighted by Crippen LogP contribution is -2.26. The molecule has 2 aromatic heterocycles. The highest BCUT2D eigenvalue weighted by atomic mass is 16.5. The van der Waals surface area contributed by atoms with E-state index >= 15 is 0 Å². The molecular weight excluding hydrogens is 280 g/mol. The van der Waals surface area contributed by atoms with Crippen LogP contribution in [0.25, 0.3) is 0 Å². The Labute approximate surface area is 129 Å². The SMILES string of the molecule is CO[C@@H]1C[C@@H](c2nc(C3CC3)n[nH]2)N(Cc2ccnn2C)C1. The lowest BCUT2D eigenvalue weighted by atomic mass is 10.2. The van der Waals surface area contributed by atoms with Crippen molar-refractivity contribution in [2.75, 3.05) is 13.7 Å². The van der Waals surface area contributed by atoms with Gasteiger partial charge in [0.15, 0.2) is 5.82 Å². The van der Waals surface area contributed by atoms with Gasteiger partial charge >= 0.3 is 0 Å². The van der Waals surface area contributed by atoms with E-state index in [2.05, 4.69) is 26.3 Å². The van der Waals surface area contributed by atoms with Gasteiger partial charge in [0.1, 0.15) is 5.82 Å². The number of aromatic amines is 1. The lowest BCUT2D eigenvalue weighted by molar-refractivity contribution is 0.107. The Morgan fingerprint density at radius 1 is 1.41 bits per heavy atom. The van der Waals surface area contributed by atoms with Crippen LogP contribution in [0.5, 0.6) is 0 Å². The Morgan fingerprint density at radius 2 is 2.27 bits per heavy atom. The quantitative estimate of drug-likeness (QED) is 0.903. The van der Waals surface area contributed by atoms with Crippen LogP contribution in [0, 0.1) is 0 Å². The van der Waals surface area contributed by atoms with E-state index in [1.807, 2.05) is 17.9 Å². The number of hydrogen-bond acceptors (Lipinski definition) is 5. The second-order valence-corrected chi connectivity index (χ2v) is 6.34. The van der Waals surface area contributed by atoms with Gasteiger partial charge in [-0.1, -0.05) is 0 Å². The molecule has 1 aliphatic heterocycles. The summed E-state index contributed by atoms with van der Waals surface area (Å²) in [6.07, 6.45) is 5.48. The number of ether oxygens (including phenoxy) is 1. The highest BCUT2D eigenvalue weighted by Crippen LogP contribution is 2.39. The fourth-order valence-electron chi connectivity index (χ4n) is 3.22. The normalized spacial score (nSPS) is 25.9. The molecule has 4 rings (SSSR count). The zero-order valence-corrected chi connectivity index (χ0v) is 13.1. The van der Waals surface area contributed by atoms with Gasteiger partial charge in [0.05, 0.1) is 17.8 Å². The van der Waals surface area contributed by atoms with E-state index in [1.54, 1.807) is 7.11 Å². The Bertz CT molecular complexity index is 646. The standard InChI is InChI=1S/C15H22N6O/c1-20-11(5-6-16-20)8-21-9-12(22-2)7-13(21)15-17-14(18-19-15)10-3-4-10/h5-6,10,12-13H,3-4,7-9H2,1-2H3,(H,17,18,19)/t12-,13+/m1/s1. The zero-order valence-electron chi connectivity index (χ0n) is 13.1. The minimum absolute atomic E-state index is 0.236. The van der Waals surface area contributed by atoms with Gasteiger partial charge in [-0.15, -0.1) is 0 Å². The third kappa shape index (κ3) is 2.55. The predicted octanol–water partition coefficient (Wildman–Crippen LogP) is 1.38. The largest absolute Gasteiger partial charge is 0.380 e. The molecule has 2 fully saturated rings. The van der Waals surface area contributed by atoms with Crippen molar-refractivity contribution in [3.05, 3.63) is 29.6 Å². The lowest BCUT2D eigenvalue weighted by Gasteiger charge is -2.22. The van der Waals surface area contributed by atoms with Crippen LogP contribution in [0.3, 0.4) is 0 Å². The van der Waals surface area contributed by atoms with Gasteiger partial charge in [-0.3, -0.25) is 14.7 Å². The minimum Gasteiger partial charge on any atom is -0.380 e. The summed E-state index contributed by atoms with van der Waals surface area (Å²) in [5.41, 5.74) is 1.20. The van der Waals surface area contributed by atoms with Crippen molar-refractivity contribution in [3.8, 4) is 0 Å². The minimum atomic E-state index is 0.236. The summed E-state index contributed by atoms with van der Waals surface area (Å²) >= 11 is 0. The molecule has 1 saturated carbocycles. The van der Waals surface area contributed by atoms with Gasteiger partial charge in [0, 0.05) is 39.4 Å². The van der Waals surface area contributed by atoms with Gasteiger partial charge < -0.3 is 4.74 Å². The second kappa shape index (κ2) is 5.48. The molecule has 0 amide bonds. The van der Waals surface area contributed by atoms with Crippen LogP contribution in [-0.4, -0.2) is 49.6 Å². The number of H-pyrrole nitrogens is 1.